The summed E-state index contributed by atoms with van der Waals surface area (Å²) in [5.41, 5.74) is -1.48. The monoisotopic (exact) mass is 403 g/mol. The van der Waals surface area contributed by atoms with Crippen molar-refractivity contribution in [3.05, 3.63) is 52.5 Å². The molecule has 27 heavy (non-hydrogen) atoms. The van der Waals surface area contributed by atoms with Gasteiger partial charge < -0.3 is 19.9 Å². The van der Waals surface area contributed by atoms with E-state index in [1.807, 2.05) is 0 Å². The first kappa shape index (κ1) is 20.4. The number of ether oxygens (including phenoxy) is 2. The van der Waals surface area contributed by atoms with Gasteiger partial charge >= 0.3 is 12.1 Å². The van der Waals surface area contributed by atoms with Gasteiger partial charge in [-0.05, 0) is 30.3 Å². The van der Waals surface area contributed by atoms with Crippen molar-refractivity contribution in [2.24, 2.45) is 0 Å². The topological polar surface area (TPSA) is 84.9 Å². The van der Waals surface area contributed by atoms with Gasteiger partial charge in [0.1, 0.15) is 17.1 Å². The van der Waals surface area contributed by atoms with Crippen LogP contribution in [0.2, 0.25) is 5.02 Å². The van der Waals surface area contributed by atoms with Crippen LogP contribution in [-0.2, 0) is 15.7 Å². The number of halogens is 4. The zero-order valence-corrected chi connectivity index (χ0v) is 14.5. The SMILES string of the molecule is COc1ccc(C(=O)OCC(=O)Nc2ccc(Cl)c(C(F)(F)F)c2)c(O)c1. The fourth-order valence-corrected chi connectivity index (χ4v) is 2.26. The maximum absolute atomic E-state index is 12.8. The summed E-state index contributed by atoms with van der Waals surface area (Å²) in [5, 5.41) is 11.4. The number of benzene rings is 2. The predicted molar refractivity (Wildman–Crippen MR) is 90.0 cm³/mol. The molecule has 0 aliphatic heterocycles. The molecule has 0 atom stereocenters. The van der Waals surface area contributed by atoms with Gasteiger partial charge in [0.05, 0.1) is 17.7 Å². The second-order valence-electron chi connectivity index (χ2n) is 5.20. The van der Waals surface area contributed by atoms with E-state index in [-0.39, 0.29) is 11.3 Å². The Hall–Kier alpha value is -2.94. The normalized spacial score (nSPS) is 11.0. The molecule has 0 spiro atoms. The Morgan fingerprint density at radius 3 is 2.48 bits per heavy atom. The highest BCUT2D eigenvalue weighted by atomic mass is 35.5. The highest BCUT2D eigenvalue weighted by molar-refractivity contribution is 6.31. The first-order chi connectivity index (χ1) is 12.6. The van der Waals surface area contributed by atoms with Gasteiger partial charge in [0.15, 0.2) is 6.61 Å². The number of carbonyl (C=O) groups is 2. The Morgan fingerprint density at radius 1 is 1.19 bits per heavy atom. The number of carbonyl (C=O) groups excluding carboxylic acids is 2. The molecule has 6 nitrogen and oxygen atoms in total. The number of aromatic hydroxyl groups is 1. The average molecular weight is 404 g/mol. The number of methoxy groups -OCH3 is 1. The standard InChI is InChI=1S/C17H13ClF3NO5/c1-26-10-3-4-11(14(23)7-10)16(25)27-8-15(24)22-9-2-5-13(18)12(6-9)17(19,20)21/h2-7,23H,8H2,1H3,(H,22,24). The van der Waals surface area contributed by atoms with Crippen LogP contribution in [0.3, 0.4) is 0 Å². The van der Waals surface area contributed by atoms with Gasteiger partial charge in [0.25, 0.3) is 5.91 Å². The number of amides is 1. The van der Waals surface area contributed by atoms with E-state index in [2.05, 4.69) is 5.32 Å². The van der Waals surface area contributed by atoms with Crippen LogP contribution < -0.4 is 10.1 Å². The second kappa shape index (κ2) is 8.17. The lowest BCUT2D eigenvalue weighted by Gasteiger charge is -2.12. The third-order valence-electron chi connectivity index (χ3n) is 3.31. The van der Waals surface area contributed by atoms with Crippen molar-refractivity contribution in [3.8, 4) is 11.5 Å². The van der Waals surface area contributed by atoms with Crippen LogP contribution >= 0.6 is 11.6 Å². The van der Waals surface area contributed by atoms with Gasteiger partial charge in [0, 0.05) is 11.8 Å². The summed E-state index contributed by atoms with van der Waals surface area (Å²) in [6.07, 6.45) is -4.68. The quantitative estimate of drug-likeness (QED) is 0.740. The summed E-state index contributed by atoms with van der Waals surface area (Å²) < 4.78 is 48.0. The lowest BCUT2D eigenvalue weighted by atomic mass is 10.2. The summed E-state index contributed by atoms with van der Waals surface area (Å²) in [5.74, 6) is -1.96. The Morgan fingerprint density at radius 2 is 1.89 bits per heavy atom. The molecule has 0 aromatic heterocycles. The summed E-state index contributed by atoms with van der Waals surface area (Å²) in [4.78, 5) is 23.7. The molecule has 0 unspecified atom stereocenters. The molecule has 0 aliphatic carbocycles. The van der Waals surface area contributed by atoms with Crippen LogP contribution in [-0.4, -0.2) is 30.7 Å². The van der Waals surface area contributed by atoms with Crippen molar-refractivity contribution >= 4 is 29.2 Å². The van der Waals surface area contributed by atoms with Crippen molar-refractivity contribution in [1.82, 2.24) is 0 Å². The highest BCUT2D eigenvalue weighted by Gasteiger charge is 2.33. The van der Waals surface area contributed by atoms with Crippen LogP contribution in [0.25, 0.3) is 0 Å². The Bertz CT molecular complexity index is 870. The fourth-order valence-electron chi connectivity index (χ4n) is 2.04. The van der Waals surface area contributed by atoms with Crippen LogP contribution in [0.1, 0.15) is 15.9 Å². The molecule has 144 valence electrons. The first-order valence-electron chi connectivity index (χ1n) is 7.32. The molecular formula is C17H13ClF3NO5. The molecular weight excluding hydrogens is 391 g/mol. The van der Waals surface area contributed by atoms with Gasteiger partial charge in [0.2, 0.25) is 0 Å². The molecule has 0 heterocycles. The zero-order valence-electron chi connectivity index (χ0n) is 13.8. The smallest absolute Gasteiger partial charge is 0.417 e. The minimum absolute atomic E-state index is 0.167. The van der Waals surface area contributed by atoms with Gasteiger partial charge in [-0.2, -0.15) is 13.2 Å². The van der Waals surface area contributed by atoms with Crippen LogP contribution in [0.15, 0.2) is 36.4 Å². The van der Waals surface area contributed by atoms with E-state index in [0.29, 0.717) is 11.8 Å². The van der Waals surface area contributed by atoms with Gasteiger partial charge in [-0.25, -0.2) is 4.79 Å². The second-order valence-corrected chi connectivity index (χ2v) is 5.61. The van der Waals surface area contributed by atoms with Crippen molar-refractivity contribution in [2.75, 3.05) is 19.0 Å². The number of rotatable bonds is 5. The molecule has 2 aromatic carbocycles. The number of hydrogen-bond donors (Lipinski definition) is 2. The number of nitrogens with one attached hydrogen (secondary N) is 1. The van der Waals surface area contributed by atoms with E-state index < -0.39 is 41.0 Å². The van der Waals surface area contributed by atoms with Gasteiger partial charge in [-0.3, -0.25) is 4.79 Å². The van der Waals surface area contributed by atoms with Crippen molar-refractivity contribution in [2.45, 2.75) is 6.18 Å². The average Bonchev–Trinajstić information content (AvgIpc) is 2.60. The van der Waals surface area contributed by atoms with E-state index in [1.54, 1.807) is 0 Å². The molecule has 1 amide bonds. The molecule has 2 aromatic rings. The molecule has 0 saturated heterocycles. The summed E-state index contributed by atoms with van der Waals surface area (Å²) in [6, 6.07) is 6.65. The van der Waals surface area contributed by atoms with Crippen molar-refractivity contribution in [1.29, 1.82) is 0 Å². The van der Waals surface area contributed by atoms with Crippen LogP contribution in [0, 0.1) is 0 Å². The predicted octanol–water partition coefficient (Wildman–Crippen LogP) is 3.87. The van der Waals surface area contributed by atoms with E-state index in [1.165, 1.54) is 31.4 Å². The molecule has 10 heteroatoms. The van der Waals surface area contributed by atoms with E-state index in [9.17, 15) is 27.9 Å². The number of alkyl halides is 3. The first-order valence-corrected chi connectivity index (χ1v) is 7.70. The minimum Gasteiger partial charge on any atom is -0.507 e. The van der Waals surface area contributed by atoms with E-state index in [0.717, 1.165) is 6.07 Å². The van der Waals surface area contributed by atoms with Crippen LogP contribution in [0.5, 0.6) is 11.5 Å². The number of phenolic OH excluding ortho intramolecular Hbond substituents is 1. The highest BCUT2D eigenvalue weighted by Crippen LogP contribution is 2.36. The van der Waals surface area contributed by atoms with Gasteiger partial charge in [-0.15, -0.1) is 0 Å². The molecule has 0 radical (unpaired) electrons. The maximum Gasteiger partial charge on any atom is 0.417 e. The molecule has 2 rings (SSSR count). The molecule has 0 bridgehead atoms. The maximum atomic E-state index is 12.8. The molecule has 0 aliphatic rings. The third kappa shape index (κ3) is 5.27. The van der Waals surface area contributed by atoms with Crippen molar-refractivity contribution < 1.29 is 37.3 Å². The Balaban J connectivity index is 1.99. The Labute approximate surface area is 156 Å². The molecule has 2 N–H and O–H groups in total. The lowest BCUT2D eigenvalue weighted by Crippen LogP contribution is -2.21. The summed E-state index contributed by atoms with van der Waals surface area (Å²) in [7, 11) is 1.37. The van der Waals surface area contributed by atoms with Gasteiger partial charge in [-0.1, -0.05) is 11.6 Å². The van der Waals surface area contributed by atoms with E-state index >= 15 is 0 Å². The summed E-state index contributed by atoms with van der Waals surface area (Å²) in [6.45, 7) is -0.770. The Kier molecular flexibility index (Phi) is 6.17. The van der Waals surface area contributed by atoms with E-state index in [4.69, 9.17) is 21.1 Å². The minimum atomic E-state index is -4.68. The largest absolute Gasteiger partial charge is 0.507 e. The number of anilines is 1. The number of esters is 1. The zero-order chi connectivity index (χ0) is 20.2. The molecule has 0 saturated carbocycles. The third-order valence-corrected chi connectivity index (χ3v) is 3.64. The molecule has 0 fully saturated rings. The van der Waals surface area contributed by atoms with Crippen LogP contribution in [0.4, 0.5) is 18.9 Å². The fraction of sp³-hybridized carbons (Fsp3) is 0.176. The number of phenols is 1. The lowest BCUT2D eigenvalue weighted by molar-refractivity contribution is -0.137. The van der Waals surface area contributed by atoms with Crippen molar-refractivity contribution in [3.63, 3.8) is 0 Å². The number of hydrogen-bond acceptors (Lipinski definition) is 5. The summed E-state index contributed by atoms with van der Waals surface area (Å²) >= 11 is 5.49.